The van der Waals surface area contributed by atoms with E-state index in [1.165, 1.54) is 25.9 Å². The summed E-state index contributed by atoms with van der Waals surface area (Å²) in [6.07, 6.45) is 5.88. The average Bonchev–Trinajstić information content (AvgIpc) is 3.23. The second kappa shape index (κ2) is 10.8. The van der Waals surface area contributed by atoms with Crippen LogP contribution in [0.4, 0.5) is 10.5 Å². The van der Waals surface area contributed by atoms with E-state index in [-0.39, 0.29) is 11.9 Å². The molecule has 1 aromatic rings. The summed E-state index contributed by atoms with van der Waals surface area (Å²) in [5, 5.41) is 6.57. The van der Waals surface area contributed by atoms with Gasteiger partial charge in [-0.15, -0.1) is 0 Å². The molecule has 2 aliphatic heterocycles. The third-order valence-corrected chi connectivity index (χ3v) is 6.34. The summed E-state index contributed by atoms with van der Waals surface area (Å²) in [4.78, 5) is 29.0. The second-order valence-corrected chi connectivity index (χ2v) is 8.74. The van der Waals surface area contributed by atoms with E-state index in [2.05, 4.69) is 22.5 Å². The van der Waals surface area contributed by atoms with Gasteiger partial charge in [0.1, 0.15) is 0 Å². The molecule has 0 aliphatic carbocycles. The predicted molar refractivity (Wildman–Crippen MR) is 117 cm³/mol. The molecule has 1 aromatic carbocycles. The Morgan fingerprint density at radius 1 is 1.17 bits per heavy atom. The molecule has 0 unspecified atom stereocenters. The molecule has 0 spiro atoms. The molecule has 0 bridgehead atoms. The van der Waals surface area contributed by atoms with E-state index >= 15 is 0 Å². The number of halogens is 1. The van der Waals surface area contributed by atoms with Gasteiger partial charge in [-0.3, -0.25) is 4.79 Å². The van der Waals surface area contributed by atoms with Gasteiger partial charge in [-0.2, -0.15) is 0 Å². The molecule has 2 heterocycles. The summed E-state index contributed by atoms with van der Waals surface area (Å²) in [6, 6.07) is 7.59. The van der Waals surface area contributed by atoms with E-state index in [1.54, 1.807) is 12.1 Å². The number of nitrogens with one attached hydrogen (secondary N) is 2. The Labute approximate surface area is 179 Å². The van der Waals surface area contributed by atoms with Gasteiger partial charge in [-0.25, -0.2) is 4.79 Å². The SMILES string of the molecule is C[C@H](CCNC(=O)CC1CCN(C(=O)Nc2cccc(Cl)c2)CC1)N1CCCC1. The maximum atomic E-state index is 12.4. The summed E-state index contributed by atoms with van der Waals surface area (Å²) in [6.45, 7) is 6.74. The highest BCUT2D eigenvalue weighted by molar-refractivity contribution is 6.30. The number of likely N-dealkylation sites (tertiary alicyclic amines) is 2. The van der Waals surface area contributed by atoms with Crippen LogP contribution in [0.2, 0.25) is 5.02 Å². The lowest BCUT2D eigenvalue weighted by atomic mass is 9.93. The minimum absolute atomic E-state index is 0.105. The van der Waals surface area contributed by atoms with Crippen molar-refractivity contribution in [3.63, 3.8) is 0 Å². The van der Waals surface area contributed by atoms with Crippen molar-refractivity contribution in [3.8, 4) is 0 Å². The number of hydrogen-bond donors (Lipinski definition) is 2. The Bertz CT molecular complexity index is 685. The molecule has 160 valence electrons. The van der Waals surface area contributed by atoms with Crippen molar-refractivity contribution in [3.05, 3.63) is 29.3 Å². The fraction of sp³-hybridized carbons (Fsp3) is 0.636. The first kappa shape index (κ1) is 21.9. The Morgan fingerprint density at radius 3 is 2.59 bits per heavy atom. The lowest BCUT2D eigenvalue weighted by Gasteiger charge is -2.31. The smallest absolute Gasteiger partial charge is 0.321 e. The molecule has 2 saturated heterocycles. The summed E-state index contributed by atoms with van der Waals surface area (Å²) in [5.74, 6) is 0.488. The maximum Gasteiger partial charge on any atom is 0.321 e. The van der Waals surface area contributed by atoms with Crippen molar-refractivity contribution >= 4 is 29.2 Å². The van der Waals surface area contributed by atoms with Gasteiger partial charge in [-0.05, 0) is 76.2 Å². The second-order valence-electron chi connectivity index (χ2n) is 8.31. The zero-order valence-corrected chi connectivity index (χ0v) is 18.1. The van der Waals surface area contributed by atoms with Gasteiger partial charge in [0.25, 0.3) is 0 Å². The monoisotopic (exact) mass is 420 g/mol. The summed E-state index contributed by atoms with van der Waals surface area (Å²) in [7, 11) is 0. The van der Waals surface area contributed by atoms with Gasteiger partial charge in [0, 0.05) is 42.8 Å². The molecule has 2 N–H and O–H groups in total. The van der Waals surface area contributed by atoms with Crippen LogP contribution in [0.15, 0.2) is 24.3 Å². The molecule has 3 amide bonds. The molecule has 2 fully saturated rings. The first-order valence-corrected chi connectivity index (χ1v) is 11.2. The number of benzene rings is 1. The zero-order valence-electron chi connectivity index (χ0n) is 17.3. The molecule has 6 nitrogen and oxygen atoms in total. The zero-order chi connectivity index (χ0) is 20.6. The Morgan fingerprint density at radius 2 is 1.90 bits per heavy atom. The van der Waals surface area contributed by atoms with Gasteiger partial charge in [0.15, 0.2) is 0 Å². The summed E-state index contributed by atoms with van der Waals surface area (Å²) >= 11 is 5.96. The van der Waals surface area contributed by atoms with Crippen LogP contribution in [0.1, 0.15) is 45.4 Å². The summed E-state index contributed by atoms with van der Waals surface area (Å²) < 4.78 is 0. The number of nitrogens with zero attached hydrogens (tertiary/aromatic N) is 2. The normalized spacial score (nSPS) is 19.2. The lowest BCUT2D eigenvalue weighted by Crippen LogP contribution is -2.42. The molecule has 3 rings (SSSR count). The first-order valence-electron chi connectivity index (χ1n) is 10.8. The summed E-state index contributed by atoms with van der Waals surface area (Å²) in [5.41, 5.74) is 0.701. The molecule has 0 radical (unpaired) electrons. The van der Waals surface area contributed by atoms with Crippen LogP contribution in [0.25, 0.3) is 0 Å². The maximum absolute atomic E-state index is 12.4. The number of carbonyl (C=O) groups is 2. The standard InChI is InChI=1S/C22H33ClN4O2/c1-17(26-11-2-3-12-26)7-10-24-21(28)15-18-8-13-27(14-9-18)22(29)25-20-6-4-5-19(23)16-20/h4-6,16-18H,2-3,7-15H2,1H3,(H,24,28)(H,25,29)/t17-/m1/s1. The quantitative estimate of drug-likeness (QED) is 0.701. The Kier molecular flexibility index (Phi) is 8.19. The highest BCUT2D eigenvalue weighted by Gasteiger charge is 2.24. The Balaban J connectivity index is 1.31. The van der Waals surface area contributed by atoms with E-state index in [4.69, 9.17) is 11.6 Å². The van der Waals surface area contributed by atoms with Gasteiger partial charge in [-0.1, -0.05) is 17.7 Å². The van der Waals surface area contributed by atoms with E-state index in [0.29, 0.717) is 42.2 Å². The molecular weight excluding hydrogens is 388 g/mol. The number of rotatable bonds is 7. The van der Waals surface area contributed by atoms with Crippen LogP contribution < -0.4 is 10.6 Å². The van der Waals surface area contributed by atoms with Crippen molar-refractivity contribution in [2.75, 3.05) is 38.0 Å². The molecule has 7 heteroatoms. The van der Waals surface area contributed by atoms with Crippen LogP contribution in [-0.4, -0.2) is 60.5 Å². The van der Waals surface area contributed by atoms with Crippen LogP contribution in [-0.2, 0) is 4.79 Å². The number of amides is 3. The minimum atomic E-state index is -0.105. The van der Waals surface area contributed by atoms with E-state index in [9.17, 15) is 9.59 Å². The van der Waals surface area contributed by atoms with Crippen LogP contribution >= 0.6 is 11.6 Å². The van der Waals surface area contributed by atoms with Gasteiger partial charge < -0.3 is 20.4 Å². The first-order chi connectivity index (χ1) is 14.0. The predicted octanol–water partition coefficient (Wildman–Crippen LogP) is 3.96. The van der Waals surface area contributed by atoms with Gasteiger partial charge >= 0.3 is 6.03 Å². The number of urea groups is 1. The number of anilines is 1. The van der Waals surface area contributed by atoms with Crippen molar-refractivity contribution in [1.82, 2.24) is 15.1 Å². The molecular formula is C22H33ClN4O2. The van der Waals surface area contributed by atoms with Crippen molar-refractivity contribution in [2.24, 2.45) is 5.92 Å². The largest absolute Gasteiger partial charge is 0.356 e. The molecule has 29 heavy (non-hydrogen) atoms. The number of hydrogen-bond acceptors (Lipinski definition) is 3. The number of carbonyl (C=O) groups excluding carboxylic acids is 2. The fourth-order valence-electron chi connectivity index (χ4n) is 4.23. The van der Waals surface area contributed by atoms with Crippen LogP contribution in [0.5, 0.6) is 0 Å². The van der Waals surface area contributed by atoms with Gasteiger partial charge in [0.05, 0.1) is 0 Å². The molecule has 0 saturated carbocycles. The Hall–Kier alpha value is -1.79. The average molecular weight is 421 g/mol. The van der Waals surface area contributed by atoms with Crippen LogP contribution in [0.3, 0.4) is 0 Å². The van der Waals surface area contributed by atoms with E-state index < -0.39 is 0 Å². The number of piperidine rings is 1. The highest BCUT2D eigenvalue weighted by atomic mass is 35.5. The van der Waals surface area contributed by atoms with Crippen LogP contribution in [0, 0.1) is 5.92 Å². The highest BCUT2D eigenvalue weighted by Crippen LogP contribution is 2.22. The molecule has 0 aromatic heterocycles. The van der Waals surface area contributed by atoms with Crippen molar-refractivity contribution < 1.29 is 9.59 Å². The third-order valence-electron chi connectivity index (χ3n) is 6.10. The fourth-order valence-corrected chi connectivity index (χ4v) is 4.42. The van der Waals surface area contributed by atoms with Crippen molar-refractivity contribution in [1.29, 1.82) is 0 Å². The van der Waals surface area contributed by atoms with E-state index in [1.807, 2.05) is 17.0 Å². The molecule has 2 aliphatic rings. The van der Waals surface area contributed by atoms with E-state index in [0.717, 1.165) is 25.8 Å². The molecule has 1 atom stereocenters. The third kappa shape index (κ3) is 6.89. The van der Waals surface area contributed by atoms with Gasteiger partial charge in [0.2, 0.25) is 5.91 Å². The topological polar surface area (TPSA) is 64.7 Å². The minimum Gasteiger partial charge on any atom is -0.356 e. The lowest BCUT2D eigenvalue weighted by molar-refractivity contribution is -0.122. The van der Waals surface area contributed by atoms with Crippen molar-refractivity contribution in [2.45, 2.75) is 51.5 Å².